The molecular weight excluding hydrogens is 231 g/mol. The Labute approximate surface area is 97.5 Å². The second-order valence-electron chi connectivity index (χ2n) is 4.32. The summed E-state index contributed by atoms with van der Waals surface area (Å²) in [4.78, 5) is 0. The Morgan fingerprint density at radius 3 is 2.24 bits per heavy atom. The number of halogens is 3. The molecule has 2 atom stereocenters. The molecule has 1 aliphatic carbocycles. The van der Waals surface area contributed by atoms with E-state index in [1.165, 1.54) is 12.1 Å². The number of hydrogen-bond donors (Lipinski definition) is 2. The first kappa shape index (κ1) is 12.2. The third kappa shape index (κ3) is 2.91. The van der Waals surface area contributed by atoms with E-state index in [0.29, 0.717) is 5.69 Å². The van der Waals surface area contributed by atoms with Crippen LogP contribution in [0, 0.1) is 0 Å². The van der Waals surface area contributed by atoms with Crippen LogP contribution in [0.25, 0.3) is 0 Å². The number of aliphatic hydroxyl groups is 1. The molecule has 0 heterocycles. The zero-order chi connectivity index (χ0) is 12.5. The number of alkyl halides is 3. The molecule has 1 saturated carbocycles. The smallest absolute Gasteiger partial charge is 0.391 e. The van der Waals surface area contributed by atoms with Crippen molar-refractivity contribution in [2.45, 2.75) is 37.6 Å². The van der Waals surface area contributed by atoms with Gasteiger partial charge < -0.3 is 10.4 Å². The van der Waals surface area contributed by atoms with Crippen LogP contribution in [0.5, 0.6) is 0 Å². The molecule has 0 amide bonds. The van der Waals surface area contributed by atoms with Gasteiger partial charge in [-0.05, 0) is 43.5 Å². The van der Waals surface area contributed by atoms with Gasteiger partial charge in [0.1, 0.15) is 0 Å². The molecule has 1 aromatic carbocycles. The van der Waals surface area contributed by atoms with Crippen LogP contribution >= 0.6 is 0 Å². The lowest BCUT2D eigenvalue weighted by Crippen LogP contribution is -2.27. The van der Waals surface area contributed by atoms with Crippen LogP contribution in [-0.2, 0) is 6.18 Å². The highest BCUT2D eigenvalue weighted by Crippen LogP contribution is 2.30. The Balaban J connectivity index is 2.03. The summed E-state index contributed by atoms with van der Waals surface area (Å²) in [6.07, 6.45) is -2.16. The van der Waals surface area contributed by atoms with Crippen LogP contribution in [0.1, 0.15) is 24.8 Å². The Hall–Kier alpha value is -1.23. The summed E-state index contributed by atoms with van der Waals surface area (Å²) in [5.41, 5.74) is -0.0426. The van der Waals surface area contributed by atoms with Crippen molar-refractivity contribution < 1.29 is 18.3 Å². The predicted octanol–water partition coefficient (Wildman–Crippen LogP) is 3.03. The lowest BCUT2D eigenvalue weighted by molar-refractivity contribution is -0.137. The molecule has 0 unspecified atom stereocenters. The van der Waals surface area contributed by atoms with Gasteiger partial charge in [-0.1, -0.05) is 0 Å². The molecule has 17 heavy (non-hydrogen) atoms. The van der Waals surface area contributed by atoms with E-state index in [9.17, 15) is 18.3 Å². The Kier molecular flexibility index (Phi) is 3.28. The number of hydrogen-bond acceptors (Lipinski definition) is 2. The summed E-state index contributed by atoms with van der Waals surface area (Å²) in [6.45, 7) is 0. The molecular formula is C12H14F3NO. The second kappa shape index (κ2) is 4.56. The molecule has 0 aromatic heterocycles. The molecule has 1 aromatic rings. The summed E-state index contributed by atoms with van der Waals surface area (Å²) in [7, 11) is 0. The van der Waals surface area contributed by atoms with Crippen molar-refractivity contribution in [2.75, 3.05) is 5.32 Å². The maximum Gasteiger partial charge on any atom is 0.416 e. The first-order chi connectivity index (χ1) is 7.97. The van der Waals surface area contributed by atoms with E-state index in [4.69, 9.17) is 0 Å². The van der Waals surface area contributed by atoms with Gasteiger partial charge in [0.2, 0.25) is 0 Å². The first-order valence-electron chi connectivity index (χ1n) is 5.59. The standard InChI is InChI=1S/C12H14F3NO/c13-12(14,15)8-4-6-9(7-5-8)16-10-2-1-3-11(10)17/h4-7,10-11,16-17H,1-3H2/t10-,11-/m0/s1. The van der Waals surface area contributed by atoms with Crippen LogP contribution in [-0.4, -0.2) is 17.3 Å². The Morgan fingerprint density at radius 1 is 1.12 bits per heavy atom. The fourth-order valence-electron chi connectivity index (χ4n) is 2.08. The number of nitrogens with one attached hydrogen (secondary N) is 1. The minimum absolute atomic E-state index is 0.0493. The van der Waals surface area contributed by atoms with E-state index >= 15 is 0 Å². The maximum atomic E-state index is 12.3. The number of rotatable bonds is 2. The summed E-state index contributed by atoms with van der Waals surface area (Å²) < 4.78 is 37.0. The van der Waals surface area contributed by atoms with Crippen LogP contribution in [0.3, 0.4) is 0 Å². The predicted molar refractivity (Wildman–Crippen MR) is 58.7 cm³/mol. The molecule has 0 bridgehead atoms. The Morgan fingerprint density at radius 2 is 1.76 bits per heavy atom. The molecule has 0 radical (unpaired) electrons. The van der Waals surface area contributed by atoms with E-state index in [2.05, 4.69) is 5.32 Å². The van der Waals surface area contributed by atoms with Crippen molar-refractivity contribution >= 4 is 5.69 Å². The van der Waals surface area contributed by atoms with Crippen LogP contribution in [0.2, 0.25) is 0 Å². The van der Waals surface area contributed by atoms with Crippen LogP contribution in [0.15, 0.2) is 24.3 Å². The minimum atomic E-state index is -4.30. The highest BCUT2D eigenvalue weighted by atomic mass is 19.4. The van der Waals surface area contributed by atoms with E-state index in [-0.39, 0.29) is 6.04 Å². The fourth-order valence-corrected chi connectivity index (χ4v) is 2.08. The van der Waals surface area contributed by atoms with Gasteiger partial charge in [0, 0.05) is 5.69 Å². The van der Waals surface area contributed by atoms with Gasteiger partial charge in [-0.25, -0.2) is 0 Å². The molecule has 5 heteroatoms. The average Bonchev–Trinajstić information content (AvgIpc) is 2.64. The van der Waals surface area contributed by atoms with Gasteiger partial charge in [-0.3, -0.25) is 0 Å². The third-order valence-corrected chi connectivity index (χ3v) is 3.04. The summed E-state index contributed by atoms with van der Waals surface area (Å²) in [5.74, 6) is 0. The average molecular weight is 245 g/mol. The molecule has 0 saturated heterocycles. The molecule has 0 spiro atoms. The van der Waals surface area contributed by atoms with Crippen molar-refractivity contribution in [1.29, 1.82) is 0 Å². The summed E-state index contributed by atoms with van der Waals surface area (Å²) in [6, 6.07) is 4.83. The zero-order valence-corrected chi connectivity index (χ0v) is 9.17. The minimum Gasteiger partial charge on any atom is -0.391 e. The maximum absolute atomic E-state index is 12.3. The first-order valence-corrected chi connectivity index (χ1v) is 5.59. The molecule has 2 rings (SSSR count). The molecule has 2 N–H and O–H groups in total. The number of anilines is 1. The van der Waals surface area contributed by atoms with Crippen LogP contribution in [0.4, 0.5) is 18.9 Å². The van der Waals surface area contributed by atoms with Gasteiger partial charge in [-0.15, -0.1) is 0 Å². The van der Waals surface area contributed by atoms with Crippen molar-refractivity contribution in [2.24, 2.45) is 0 Å². The summed E-state index contributed by atoms with van der Waals surface area (Å²) >= 11 is 0. The monoisotopic (exact) mass is 245 g/mol. The second-order valence-corrected chi connectivity index (χ2v) is 4.32. The van der Waals surface area contributed by atoms with Crippen molar-refractivity contribution in [3.63, 3.8) is 0 Å². The topological polar surface area (TPSA) is 32.3 Å². The molecule has 0 aliphatic heterocycles. The summed E-state index contributed by atoms with van der Waals surface area (Å²) in [5, 5.41) is 12.6. The van der Waals surface area contributed by atoms with E-state index in [1.807, 2.05) is 0 Å². The van der Waals surface area contributed by atoms with Gasteiger partial charge in [-0.2, -0.15) is 13.2 Å². The Bertz CT molecular complexity index is 374. The number of benzene rings is 1. The van der Waals surface area contributed by atoms with Crippen molar-refractivity contribution in [1.82, 2.24) is 0 Å². The SMILES string of the molecule is O[C@H]1CCC[C@@H]1Nc1ccc(C(F)(F)F)cc1. The van der Waals surface area contributed by atoms with Crippen molar-refractivity contribution in [3.05, 3.63) is 29.8 Å². The normalized spacial score (nSPS) is 24.9. The molecule has 2 nitrogen and oxygen atoms in total. The molecule has 1 aliphatic rings. The highest BCUT2D eigenvalue weighted by Gasteiger charge is 2.30. The van der Waals surface area contributed by atoms with Gasteiger partial charge >= 0.3 is 6.18 Å². The third-order valence-electron chi connectivity index (χ3n) is 3.04. The van der Waals surface area contributed by atoms with Crippen LogP contribution < -0.4 is 5.32 Å². The molecule has 1 fully saturated rings. The van der Waals surface area contributed by atoms with Crippen molar-refractivity contribution in [3.8, 4) is 0 Å². The lowest BCUT2D eigenvalue weighted by Gasteiger charge is -2.18. The molecule has 94 valence electrons. The number of aliphatic hydroxyl groups excluding tert-OH is 1. The zero-order valence-electron chi connectivity index (χ0n) is 9.17. The fraction of sp³-hybridized carbons (Fsp3) is 0.500. The van der Waals surface area contributed by atoms with E-state index in [1.54, 1.807) is 0 Å². The quantitative estimate of drug-likeness (QED) is 0.839. The largest absolute Gasteiger partial charge is 0.416 e. The van der Waals surface area contributed by atoms with Gasteiger partial charge in [0.15, 0.2) is 0 Å². The van der Waals surface area contributed by atoms with Gasteiger partial charge in [0.25, 0.3) is 0 Å². The van der Waals surface area contributed by atoms with Gasteiger partial charge in [0.05, 0.1) is 17.7 Å². The highest BCUT2D eigenvalue weighted by molar-refractivity contribution is 5.46. The van der Waals surface area contributed by atoms with E-state index in [0.717, 1.165) is 31.4 Å². The van der Waals surface area contributed by atoms with E-state index < -0.39 is 17.8 Å². The lowest BCUT2D eigenvalue weighted by atomic mass is 10.1.